The van der Waals surface area contributed by atoms with Crippen LogP contribution in [0.2, 0.25) is 0 Å². The zero-order chi connectivity index (χ0) is 22.6. The van der Waals surface area contributed by atoms with Gasteiger partial charge in [0.15, 0.2) is 6.61 Å². The summed E-state index contributed by atoms with van der Waals surface area (Å²) in [6.07, 6.45) is 1.46. The number of nitrogens with one attached hydrogen (secondary N) is 1. The van der Waals surface area contributed by atoms with Crippen molar-refractivity contribution < 1.29 is 22.7 Å². The first-order valence-electron chi connectivity index (χ1n) is 10.4. The number of benzene rings is 2. The van der Waals surface area contributed by atoms with Crippen molar-refractivity contribution in [2.75, 3.05) is 17.5 Å². The molecule has 1 atom stereocenters. The molecule has 2 aromatic carbocycles. The Balaban J connectivity index is 1.71. The van der Waals surface area contributed by atoms with Crippen molar-refractivity contribution in [2.24, 2.45) is 5.92 Å². The minimum absolute atomic E-state index is 0.00638. The molecular weight excluding hydrogens is 416 g/mol. The van der Waals surface area contributed by atoms with Gasteiger partial charge in [-0.05, 0) is 55.5 Å². The van der Waals surface area contributed by atoms with Gasteiger partial charge in [0.2, 0.25) is 0 Å². The van der Waals surface area contributed by atoms with Crippen LogP contribution < -0.4 is 9.62 Å². The molecule has 1 amide bonds. The van der Waals surface area contributed by atoms with Gasteiger partial charge in [0.05, 0.1) is 16.1 Å². The molecule has 1 aliphatic heterocycles. The van der Waals surface area contributed by atoms with Gasteiger partial charge in [-0.3, -0.25) is 9.10 Å². The normalized spacial score (nSPS) is 15.6. The molecule has 1 aliphatic rings. The molecule has 0 fully saturated rings. The Labute approximate surface area is 183 Å². The first-order valence-corrected chi connectivity index (χ1v) is 11.8. The first-order chi connectivity index (χ1) is 14.7. The molecular formula is C23H28N2O5S. The second-order valence-electron chi connectivity index (χ2n) is 8.12. The van der Waals surface area contributed by atoms with Crippen molar-refractivity contribution in [3.63, 3.8) is 0 Å². The molecule has 3 rings (SSSR count). The highest BCUT2D eigenvalue weighted by atomic mass is 32.2. The Bertz CT molecular complexity index is 1070. The summed E-state index contributed by atoms with van der Waals surface area (Å²) < 4.78 is 33.1. The molecule has 0 radical (unpaired) electrons. The predicted octanol–water partition coefficient (Wildman–Crippen LogP) is 3.15. The fourth-order valence-corrected chi connectivity index (χ4v) is 5.31. The maximum absolute atomic E-state index is 13.3. The van der Waals surface area contributed by atoms with E-state index in [4.69, 9.17) is 4.74 Å². The van der Waals surface area contributed by atoms with Crippen LogP contribution in [0.15, 0.2) is 53.4 Å². The minimum atomic E-state index is -3.86. The highest BCUT2D eigenvalue weighted by Crippen LogP contribution is 2.36. The van der Waals surface area contributed by atoms with Crippen molar-refractivity contribution >= 4 is 27.6 Å². The Kier molecular flexibility index (Phi) is 7.00. The van der Waals surface area contributed by atoms with E-state index in [9.17, 15) is 18.0 Å². The summed E-state index contributed by atoms with van der Waals surface area (Å²) >= 11 is 0. The number of ether oxygens (including phenoxy) is 1. The molecule has 31 heavy (non-hydrogen) atoms. The fourth-order valence-electron chi connectivity index (χ4n) is 3.57. The molecule has 0 saturated heterocycles. The second kappa shape index (κ2) is 9.51. The molecule has 0 unspecified atom stereocenters. The SMILES string of the molecule is CC(C)CCNC(=O)COC(=O)c1cccc(S(=O)(=O)N2c3ccccc3C[C@H]2C)c1. The van der Waals surface area contributed by atoms with E-state index in [0.717, 1.165) is 12.0 Å². The average Bonchev–Trinajstić information content (AvgIpc) is 3.08. The standard InChI is InChI=1S/C23H28N2O5S/c1-16(2)11-12-24-22(26)15-30-23(27)19-8-6-9-20(14-19)31(28,29)25-17(3)13-18-7-4-5-10-21(18)25/h4-10,14,16-17H,11-13,15H2,1-3H3,(H,24,26)/t17-/m1/s1. The largest absolute Gasteiger partial charge is 0.452 e. The predicted molar refractivity (Wildman–Crippen MR) is 118 cm³/mol. The van der Waals surface area contributed by atoms with Gasteiger partial charge < -0.3 is 10.1 Å². The zero-order valence-electron chi connectivity index (χ0n) is 18.0. The average molecular weight is 445 g/mol. The zero-order valence-corrected chi connectivity index (χ0v) is 18.8. The molecule has 2 aromatic rings. The Morgan fingerprint density at radius 2 is 1.90 bits per heavy atom. The van der Waals surface area contributed by atoms with E-state index in [1.807, 2.05) is 19.1 Å². The molecule has 7 nitrogen and oxygen atoms in total. The lowest BCUT2D eigenvalue weighted by Crippen LogP contribution is -2.35. The van der Waals surface area contributed by atoms with Crippen LogP contribution in [0.5, 0.6) is 0 Å². The first kappa shape index (κ1) is 22.8. The molecule has 0 bridgehead atoms. The summed E-state index contributed by atoms with van der Waals surface area (Å²) in [5, 5.41) is 2.69. The maximum atomic E-state index is 13.3. The number of fused-ring (bicyclic) bond motifs is 1. The van der Waals surface area contributed by atoms with Crippen LogP contribution in [0.1, 0.15) is 43.1 Å². The summed E-state index contributed by atoms with van der Waals surface area (Å²) in [4.78, 5) is 24.2. The second-order valence-corrected chi connectivity index (χ2v) is 9.93. The third-order valence-electron chi connectivity index (χ3n) is 5.15. The molecule has 8 heteroatoms. The van der Waals surface area contributed by atoms with E-state index < -0.39 is 22.6 Å². The Morgan fingerprint density at radius 3 is 2.65 bits per heavy atom. The van der Waals surface area contributed by atoms with Crippen molar-refractivity contribution in [1.82, 2.24) is 5.32 Å². The van der Waals surface area contributed by atoms with E-state index in [2.05, 4.69) is 19.2 Å². The van der Waals surface area contributed by atoms with Crippen LogP contribution >= 0.6 is 0 Å². The molecule has 0 spiro atoms. The number of carbonyl (C=O) groups is 2. The van der Waals surface area contributed by atoms with Gasteiger partial charge in [-0.2, -0.15) is 0 Å². The third kappa shape index (κ3) is 5.25. The number of sulfonamides is 1. The van der Waals surface area contributed by atoms with Crippen LogP contribution in [0.3, 0.4) is 0 Å². The summed E-state index contributed by atoms with van der Waals surface area (Å²) in [6, 6.07) is 12.9. The summed E-state index contributed by atoms with van der Waals surface area (Å²) in [5.74, 6) is -0.677. The Hall–Kier alpha value is -2.87. The topological polar surface area (TPSA) is 92.8 Å². The molecule has 1 N–H and O–H groups in total. The number of para-hydroxylation sites is 1. The summed E-state index contributed by atoms with van der Waals surface area (Å²) in [5.41, 5.74) is 1.70. The molecule has 0 aromatic heterocycles. The van der Waals surface area contributed by atoms with Gasteiger partial charge in [0.1, 0.15) is 0 Å². The van der Waals surface area contributed by atoms with E-state index >= 15 is 0 Å². The smallest absolute Gasteiger partial charge is 0.338 e. The van der Waals surface area contributed by atoms with Crippen LogP contribution in [0.25, 0.3) is 0 Å². The van der Waals surface area contributed by atoms with Gasteiger partial charge >= 0.3 is 5.97 Å². The molecule has 0 saturated carbocycles. The number of rotatable bonds is 8. The van der Waals surface area contributed by atoms with Crippen molar-refractivity contribution in [1.29, 1.82) is 0 Å². The monoisotopic (exact) mass is 444 g/mol. The van der Waals surface area contributed by atoms with Crippen LogP contribution in [0, 0.1) is 5.92 Å². The van der Waals surface area contributed by atoms with Gasteiger partial charge in [-0.25, -0.2) is 13.2 Å². The lowest BCUT2D eigenvalue weighted by Gasteiger charge is -2.24. The van der Waals surface area contributed by atoms with Crippen molar-refractivity contribution in [3.8, 4) is 0 Å². The number of nitrogens with zero attached hydrogens (tertiary/aromatic N) is 1. The molecule has 166 valence electrons. The summed E-state index contributed by atoms with van der Waals surface area (Å²) in [6.45, 7) is 6.05. The number of carbonyl (C=O) groups excluding carboxylic acids is 2. The van der Waals surface area contributed by atoms with Gasteiger partial charge in [0.25, 0.3) is 15.9 Å². The van der Waals surface area contributed by atoms with Crippen LogP contribution in [-0.4, -0.2) is 39.5 Å². The van der Waals surface area contributed by atoms with E-state index in [0.29, 0.717) is 24.6 Å². The van der Waals surface area contributed by atoms with Crippen LogP contribution in [0.4, 0.5) is 5.69 Å². The van der Waals surface area contributed by atoms with Crippen LogP contribution in [-0.2, 0) is 26.0 Å². The summed E-state index contributed by atoms with van der Waals surface area (Å²) in [7, 11) is -3.86. The Morgan fingerprint density at radius 1 is 1.16 bits per heavy atom. The van der Waals surface area contributed by atoms with E-state index in [-0.39, 0.29) is 22.4 Å². The number of anilines is 1. The molecule has 0 aliphatic carbocycles. The van der Waals surface area contributed by atoms with E-state index in [1.54, 1.807) is 12.1 Å². The molecule has 1 heterocycles. The van der Waals surface area contributed by atoms with Gasteiger partial charge in [-0.1, -0.05) is 38.1 Å². The van der Waals surface area contributed by atoms with Crippen molar-refractivity contribution in [2.45, 2.75) is 44.6 Å². The quantitative estimate of drug-likeness (QED) is 0.632. The lowest BCUT2D eigenvalue weighted by molar-refractivity contribution is -0.124. The number of amides is 1. The number of esters is 1. The highest BCUT2D eigenvalue weighted by molar-refractivity contribution is 7.92. The van der Waals surface area contributed by atoms with Gasteiger partial charge in [-0.15, -0.1) is 0 Å². The minimum Gasteiger partial charge on any atom is -0.452 e. The maximum Gasteiger partial charge on any atom is 0.338 e. The number of hydrogen-bond donors (Lipinski definition) is 1. The fraction of sp³-hybridized carbons (Fsp3) is 0.391. The van der Waals surface area contributed by atoms with Gasteiger partial charge in [0, 0.05) is 12.6 Å². The van der Waals surface area contributed by atoms with E-state index in [1.165, 1.54) is 28.6 Å². The highest BCUT2D eigenvalue weighted by Gasteiger charge is 2.36. The lowest BCUT2D eigenvalue weighted by atomic mass is 10.1. The number of hydrogen-bond acceptors (Lipinski definition) is 5. The van der Waals surface area contributed by atoms with Crippen molar-refractivity contribution in [3.05, 3.63) is 59.7 Å². The third-order valence-corrected chi connectivity index (χ3v) is 7.07.